The van der Waals surface area contributed by atoms with E-state index in [4.69, 9.17) is 14.6 Å². The maximum Gasteiger partial charge on any atom is 0.326 e. The van der Waals surface area contributed by atoms with Crippen LogP contribution < -0.4 is 9.47 Å². The lowest BCUT2D eigenvalue weighted by atomic mass is 10.1. The average molecular weight is 353 g/mol. The van der Waals surface area contributed by atoms with Crippen LogP contribution in [-0.2, 0) is 20.8 Å². The maximum atomic E-state index is 12.4. The Labute approximate surface area is 143 Å². The number of nitrogens with zero attached hydrogens (tertiary/aromatic N) is 1. The summed E-state index contributed by atoms with van der Waals surface area (Å²) in [5.74, 6) is -0.0678. The van der Waals surface area contributed by atoms with Gasteiger partial charge in [0.1, 0.15) is 6.04 Å². The first kappa shape index (κ1) is 18.1. The lowest BCUT2D eigenvalue weighted by Gasteiger charge is -2.25. The highest BCUT2D eigenvalue weighted by molar-refractivity contribution is 8.13. The standard InChI is InChI=1S/C16H19NO6S/c1-10(16(20)21)17(8-24-11(2)18)15(19)6-4-12-3-5-13-14(7-12)23-9-22-13/h3,5,7,10H,4,6,8-9H2,1-2H3,(H,20,21)/t10-/m0/s1. The highest BCUT2D eigenvalue weighted by atomic mass is 32.2. The molecule has 0 unspecified atom stereocenters. The van der Waals surface area contributed by atoms with Crippen molar-refractivity contribution in [1.29, 1.82) is 0 Å². The molecular weight excluding hydrogens is 334 g/mol. The van der Waals surface area contributed by atoms with Crippen LogP contribution >= 0.6 is 11.8 Å². The fourth-order valence-corrected chi connectivity index (χ4v) is 2.87. The molecule has 1 aliphatic heterocycles. The molecule has 1 aromatic carbocycles. The monoisotopic (exact) mass is 353 g/mol. The van der Waals surface area contributed by atoms with Gasteiger partial charge in [0.2, 0.25) is 12.7 Å². The predicted octanol–water partition coefficient (Wildman–Crippen LogP) is 1.89. The van der Waals surface area contributed by atoms with Gasteiger partial charge in [-0.05, 0) is 31.0 Å². The molecule has 0 aliphatic carbocycles. The van der Waals surface area contributed by atoms with E-state index in [2.05, 4.69) is 0 Å². The van der Waals surface area contributed by atoms with E-state index in [1.807, 2.05) is 12.1 Å². The fraction of sp³-hybridized carbons (Fsp3) is 0.438. The number of amides is 1. The predicted molar refractivity (Wildman–Crippen MR) is 88.0 cm³/mol. The van der Waals surface area contributed by atoms with Crippen molar-refractivity contribution in [1.82, 2.24) is 4.90 Å². The van der Waals surface area contributed by atoms with Gasteiger partial charge in [-0.25, -0.2) is 4.79 Å². The van der Waals surface area contributed by atoms with Crippen molar-refractivity contribution in [3.05, 3.63) is 23.8 Å². The second-order valence-electron chi connectivity index (χ2n) is 5.33. The molecule has 0 bridgehead atoms. The molecule has 7 nitrogen and oxygen atoms in total. The SMILES string of the molecule is CC(=O)SCN(C(=O)CCc1ccc2c(c1)OCO2)[C@@H](C)C(=O)O. The highest BCUT2D eigenvalue weighted by Gasteiger charge is 2.25. The van der Waals surface area contributed by atoms with Gasteiger partial charge in [0.15, 0.2) is 16.6 Å². The Kier molecular flexibility index (Phi) is 6.08. The van der Waals surface area contributed by atoms with E-state index in [-0.39, 0.29) is 30.1 Å². The van der Waals surface area contributed by atoms with E-state index < -0.39 is 12.0 Å². The average Bonchev–Trinajstić information content (AvgIpc) is 3.00. The number of ether oxygens (including phenoxy) is 2. The first-order chi connectivity index (χ1) is 11.4. The Hall–Kier alpha value is -2.22. The van der Waals surface area contributed by atoms with Gasteiger partial charge in [-0.2, -0.15) is 0 Å². The van der Waals surface area contributed by atoms with Gasteiger partial charge >= 0.3 is 5.97 Å². The highest BCUT2D eigenvalue weighted by Crippen LogP contribution is 2.32. The summed E-state index contributed by atoms with van der Waals surface area (Å²) >= 11 is 0.918. The molecule has 0 radical (unpaired) electrons. The number of rotatable bonds is 7. The van der Waals surface area contributed by atoms with Gasteiger partial charge in [0.05, 0.1) is 5.88 Å². The molecule has 0 spiro atoms. The summed E-state index contributed by atoms with van der Waals surface area (Å²) < 4.78 is 10.5. The minimum absolute atomic E-state index is 0.0305. The number of aliphatic carboxylic acids is 1. The molecule has 1 N–H and O–H groups in total. The lowest BCUT2D eigenvalue weighted by Crippen LogP contribution is -2.43. The van der Waals surface area contributed by atoms with Crippen LogP contribution in [0.3, 0.4) is 0 Å². The summed E-state index contributed by atoms with van der Waals surface area (Å²) in [6, 6.07) is 4.45. The second-order valence-corrected chi connectivity index (χ2v) is 6.45. The van der Waals surface area contributed by atoms with Gasteiger partial charge < -0.3 is 19.5 Å². The molecule has 0 fully saturated rings. The molecule has 1 aliphatic rings. The van der Waals surface area contributed by atoms with Crippen molar-refractivity contribution in [2.24, 2.45) is 0 Å². The maximum absolute atomic E-state index is 12.4. The molecule has 130 valence electrons. The van der Waals surface area contributed by atoms with Gasteiger partial charge in [-0.3, -0.25) is 9.59 Å². The Morgan fingerprint density at radius 1 is 1.29 bits per heavy atom. The number of hydrogen-bond acceptors (Lipinski definition) is 6. The van der Waals surface area contributed by atoms with Crippen molar-refractivity contribution in [2.45, 2.75) is 32.7 Å². The summed E-state index contributed by atoms with van der Waals surface area (Å²) in [5.41, 5.74) is 0.898. The lowest BCUT2D eigenvalue weighted by molar-refractivity contribution is -0.148. The third-order valence-corrected chi connectivity index (χ3v) is 4.43. The smallest absolute Gasteiger partial charge is 0.326 e. The van der Waals surface area contributed by atoms with Gasteiger partial charge in [-0.15, -0.1) is 0 Å². The van der Waals surface area contributed by atoms with Crippen molar-refractivity contribution < 1.29 is 29.0 Å². The molecule has 2 rings (SSSR count). The number of aryl methyl sites for hydroxylation is 1. The largest absolute Gasteiger partial charge is 0.480 e. The number of carboxylic acid groups (broad SMARTS) is 1. The van der Waals surface area contributed by atoms with E-state index >= 15 is 0 Å². The van der Waals surface area contributed by atoms with Gasteiger partial charge in [0.25, 0.3) is 0 Å². The van der Waals surface area contributed by atoms with Crippen LogP contribution in [-0.4, -0.2) is 45.7 Å². The van der Waals surface area contributed by atoms with Crippen LogP contribution in [0.4, 0.5) is 0 Å². The number of carboxylic acids is 1. The van der Waals surface area contributed by atoms with Crippen LogP contribution in [0.25, 0.3) is 0 Å². The molecule has 0 saturated carbocycles. The van der Waals surface area contributed by atoms with Crippen LogP contribution in [0.2, 0.25) is 0 Å². The summed E-state index contributed by atoms with van der Waals surface area (Å²) in [6.45, 7) is 3.00. The van der Waals surface area contributed by atoms with E-state index in [0.29, 0.717) is 17.9 Å². The van der Waals surface area contributed by atoms with Gasteiger partial charge in [-0.1, -0.05) is 17.8 Å². The van der Waals surface area contributed by atoms with Crippen LogP contribution in [0.15, 0.2) is 18.2 Å². The van der Waals surface area contributed by atoms with Crippen molar-refractivity contribution in [2.75, 3.05) is 12.7 Å². The Morgan fingerprint density at radius 3 is 2.67 bits per heavy atom. The summed E-state index contributed by atoms with van der Waals surface area (Å²) in [6.07, 6.45) is 0.596. The van der Waals surface area contributed by atoms with E-state index in [1.54, 1.807) is 6.07 Å². The summed E-state index contributed by atoms with van der Waals surface area (Å²) in [4.78, 5) is 35.9. The molecular formula is C16H19NO6S. The molecule has 1 heterocycles. The van der Waals surface area contributed by atoms with Crippen molar-refractivity contribution >= 4 is 28.8 Å². The summed E-state index contributed by atoms with van der Waals surface area (Å²) in [7, 11) is 0. The zero-order valence-electron chi connectivity index (χ0n) is 13.5. The first-order valence-corrected chi connectivity index (χ1v) is 8.41. The molecule has 1 amide bonds. The molecule has 0 saturated heterocycles. The number of carbonyl (C=O) groups is 3. The Bertz CT molecular complexity index is 647. The second kappa shape index (κ2) is 8.05. The first-order valence-electron chi connectivity index (χ1n) is 7.42. The quantitative estimate of drug-likeness (QED) is 0.748. The number of carbonyl (C=O) groups excluding carboxylic acids is 2. The number of hydrogen-bond donors (Lipinski definition) is 1. The zero-order valence-corrected chi connectivity index (χ0v) is 14.3. The molecule has 1 aromatic rings. The fourth-order valence-electron chi connectivity index (χ4n) is 2.18. The normalized spacial score (nSPS) is 13.4. The van der Waals surface area contributed by atoms with E-state index in [0.717, 1.165) is 17.3 Å². The van der Waals surface area contributed by atoms with E-state index in [9.17, 15) is 14.4 Å². The number of fused-ring (bicyclic) bond motifs is 1. The summed E-state index contributed by atoms with van der Waals surface area (Å²) in [5, 5.41) is 8.97. The molecule has 8 heteroatoms. The number of thioether (sulfide) groups is 1. The number of benzene rings is 1. The van der Waals surface area contributed by atoms with Crippen molar-refractivity contribution in [3.63, 3.8) is 0 Å². The van der Waals surface area contributed by atoms with Crippen LogP contribution in [0.5, 0.6) is 11.5 Å². The minimum Gasteiger partial charge on any atom is -0.480 e. The van der Waals surface area contributed by atoms with E-state index in [1.165, 1.54) is 18.7 Å². The Morgan fingerprint density at radius 2 is 2.00 bits per heavy atom. The van der Waals surface area contributed by atoms with Crippen molar-refractivity contribution in [3.8, 4) is 11.5 Å². The third-order valence-electron chi connectivity index (χ3n) is 3.62. The zero-order chi connectivity index (χ0) is 17.7. The minimum atomic E-state index is -1.10. The van der Waals surface area contributed by atoms with Crippen LogP contribution in [0, 0.1) is 0 Å². The van der Waals surface area contributed by atoms with Crippen LogP contribution in [0.1, 0.15) is 25.8 Å². The molecule has 24 heavy (non-hydrogen) atoms. The Balaban J connectivity index is 1.98. The molecule has 1 atom stereocenters. The molecule has 0 aromatic heterocycles. The topological polar surface area (TPSA) is 93.1 Å². The van der Waals surface area contributed by atoms with Gasteiger partial charge in [0, 0.05) is 13.3 Å². The third kappa shape index (κ3) is 4.64.